The van der Waals surface area contributed by atoms with Gasteiger partial charge in [-0.2, -0.15) is 0 Å². The van der Waals surface area contributed by atoms with Crippen LogP contribution in [0.5, 0.6) is 0 Å². The van der Waals surface area contributed by atoms with E-state index in [-0.39, 0.29) is 11.6 Å². The van der Waals surface area contributed by atoms with Crippen LogP contribution in [-0.4, -0.2) is 31.3 Å². The quantitative estimate of drug-likeness (QED) is 0.788. The van der Waals surface area contributed by atoms with E-state index in [0.717, 1.165) is 11.4 Å². The molecule has 26 heavy (non-hydrogen) atoms. The molecule has 4 nitrogen and oxygen atoms in total. The monoisotopic (exact) mass is 350 g/mol. The molecule has 4 heteroatoms. The van der Waals surface area contributed by atoms with Gasteiger partial charge in [0.2, 0.25) is 0 Å². The van der Waals surface area contributed by atoms with E-state index in [9.17, 15) is 9.59 Å². The lowest BCUT2D eigenvalue weighted by molar-refractivity contribution is -0.137. The molecule has 0 amide bonds. The highest BCUT2D eigenvalue weighted by Gasteiger charge is 2.47. The molecule has 1 heterocycles. The van der Waals surface area contributed by atoms with Gasteiger partial charge in [-0.05, 0) is 52.0 Å². The third-order valence-electron chi connectivity index (χ3n) is 5.41. The predicted molar refractivity (Wildman–Crippen MR) is 106 cm³/mol. The van der Waals surface area contributed by atoms with Crippen molar-refractivity contribution in [3.63, 3.8) is 0 Å². The summed E-state index contributed by atoms with van der Waals surface area (Å²) >= 11 is 0. The zero-order valence-corrected chi connectivity index (χ0v) is 16.0. The lowest BCUT2D eigenvalue weighted by Gasteiger charge is -2.47. The van der Waals surface area contributed by atoms with E-state index < -0.39 is 5.41 Å². The topological polar surface area (TPSA) is 40.6 Å². The largest absolute Gasteiger partial charge is 0.352 e. The number of hydrogen-bond donors (Lipinski definition) is 0. The first-order chi connectivity index (χ1) is 12.3. The van der Waals surface area contributed by atoms with E-state index in [1.54, 1.807) is 0 Å². The van der Waals surface area contributed by atoms with Crippen molar-refractivity contribution < 1.29 is 9.59 Å². The van der Waals surface area contributed by atoms with Crippen LogP contribution in [0.25, 0.3) is 0 Å². The van der Waals surface area contributed by atoms with Gasteiger partial charge in [-0.25, -0.2) is 0 Å². The van der Waals surface area contributed by atoms with Gasteiger partial charge in [0, 0.05) is 24.5 Å². The maximum atomic E-state index is 12.6. The fourth-order valence-electron chi connectivity index (χ4n) is 3.56. The van der Waals surface area contributed by atoms with Crippen molar-refractivity contribution in [1.29, 1.82) is 0 Å². The molecule has 0 N–H and O–H groups in total. The van der Waals surface area contributed by atoms with E-state index >= 15 is 0 Å². The molecule has 0 aromatic heterocycles. The fraction of sp³-hybridized carbons (Fsp3) is 0.364. The Bertz CT molecular complexity index is 740. The summed E-state index contributed by atoms with van der Waals surface area (Å²) in [5.74, 6) is -0.141. The number of ketones is 2. The van der Waals surface area contributed by atoms with Crippen molar-refractivity contribution in [3.8, 4) is 0 Å². The minimum atomic E-state index is -1.01. The van der Waals surface area contributed by atoms with Crippen molar-refractivity contribution in [2.45, 2.75) is 27.7 Å². The highest BCUT2D eigenvalue weighted by atomic mass is 16.2. The summed E-state index contributed by atoms with van der Waals surface area (Å²) in [5.41, 5.74) is 3.42. The summed E-state index contributed by atoms with van der Waals surface area (Å²) in [4.78, 5) is 29.4. The standard InChI is InChI=1S/C22H26N2O2/c1-16-5-9-20(10-6-16)23-13-22(18(3)25,19(4)26)14-24(15-23)21-11-7-17(2)8-12-21/h5-12H,13-15H2,1-4H3. The maximum Gasteiger partial charge on any atom is 0.146 e. The summed E-state index contributed by atoms with van der Waals surface area (Å²) < 4.78 is 0. The fourth-order valence-corrected chi connectivity index (χ4v) is 3.56. The van der Waals surface area contributed by atoms with Crippen LogP contribution in [0.1, 0.15) is 25.0 Å². The lowest BCUT2D eigenvalue weighted by atomic mass is 9.77. The van der Waals surface area contributed by atoms with Gasteiger partial charge in [0.25, 0.3) is 0 Å². The normalized spacial score (nSPS) is 16.5. The van der Waals surface area contributed by atoms with Crippen LogP contribution < -0.4 is 9.80 Å². The molecule has 0 unspecified atom stereocenters. The van der Waals surface area contributed by atoms with E-state index in [4.69, 9.17) is 0 Å². The zero-order chi connectivity index (χ0) is 18.9. The number of nitrogens with zero attached hydrogens (tertiary/aromatic N) is 2. The van der Waals surface area contributed by atoms with Gasteiger partial charge in [0.15, 0.2) is 0 Å². The number of aryl methyl sites for hydroxylation is 2. The second-order valence-electron chi connectivity index (χ2n) is 7.40. The SMILES string of the molecule is CC(=O)C1(C(C)=O)CN(c2ccc(C)cc2)CN(c2ccc(C)cc2)C1. The highest BCUT2D eigenvalue weighted by Crippen LogP contribution is 2.33. The average molecular weight is 350 g/mol. The Kier molecular flexibility index (Phi) is 4.86. The summed E-state index contributed by atoms with van der Waals surface area (Å²) in [6, 6.07) is 16.5. The molecule has 0 bridgehead atoms. The molecule has 0 atom stereocenters. The Morgan fingerprint density at radius 2 is 1.08 bits per heavy atom. The predicted octanol–water partition coefficient (Wildman–Crippen LogP) is 3.75. The van der Waals surface area contributed by atoms with E-state index in [1.807, 2.05) is 13.8 Å². The van der Waals surface area contributed by atoms with Gasteiger partial charge in [0.05, 0.1) is 6.67 Å². The Hall–Kier alpha value is -2.62. The smallest absolute Gasteiger partial charge is 0.146 e. The zero-order valence-electron chi connectivity index (χ0n) is 16.0. The van der Waals surface area contributed by atoms with Gasteiger partial charge in [-0.3, -0.25) is 9.59 Å². The molecule has 1 aliphatic rings. The van der Waals surface area contributed by atoms with Crippen LogP contribution in [0.2, 0.25) is 0 Å². The maximum absolute atomic E-state index is 12.6. The molecule has 0 radical (unpaired) electrons. The van der Waals surface area contributed by atoms with Crippen LogP contribution >= 0.6 is 0 Å². The Balaban J connectivity index is 2.02. The third-order valence-corrected chi connectivity index (χ3v) is 5.41. The summed E-state index contributed by atoms with van der Waals surface area (Å²) in [7, 11) is 0. The first-order valence-corrected chi connectivity index (χ1v) is 8.97. The number of rotatable bonds is 4. The third kappa shape index (κ3) is 3.36. The lowest BCUT2D eigenvalue weighted by Crippen LogP contribution is -2.61. The average Bonchev–Trinajstić information content (AvgIpc) is 2.62. The Morgan fingerprint density at radius 3 is 1.38 bits per heavy atom. The molecule has 136 valence electrons. The van der Waals surface area contributed by atoms with Gasteiger partial charge in [-0.15, -0.1) is 0 Å². The molecular weight excluding hydrogens is 324 g/mol. The molecule has 0 saturated carbocycles. The van der Waals surface area contributed by atoms with Crippen molar-refractivity contribution in [1.82, 2.24) is 0 Å². The second-order valence-corrected chi connectivity index (χ2v) is 7.40. The number of benzene rings is 2. The van der Waals surface area contributed by atoms with E-state index in [1.165, 1.54) is 25.0 Å². The van der Waals surface area contributed by atoms with Crippen LogP contribution in [0.3, 0.4) is 0 Å². The molecule has 2 aromatic rings. The summed E-state index contributed by atoms with van der Waals surface area (Å²) in [6.45, 7) is 8.66. The highest BCUT2D eigenvalue weighted by molar-refractivity contribution is 6.06. The number of carbonyl (C=O) groups is 2. The molecule has 0 aliphatic carbocycles. The van der Waals surface area contributed by atoms with Crippen molar-refractivity contribution >= 4 is 22.9 Å². The minimum Gasteiger partial charge on any atom is -0.352 e. The van der Waals surface area contributed by atoms with E-state index in [0.29, 0.717) is 19.8 Å². The Labute approximate surface area is 155 Å². The molecule has 3 rings (SSSR count). The molecule has 1 saturated heterocycles. The molecule has 0 spiro atoms. The molecule has 1 fully saturated rings. The number of anilines is 2. The van der Waals surface area contributed by atoms with Crippen LogP contribution in [-0.2, 0) is 9.59 Å². The second kappa shape index (κ2) is 6.94. The first kappa shape index (κ1) is 18.2. The molecular formula is C22H26N2O2. The van der Waals surface area contributed by atoms with Crippen LogP contribution in [0.15, 0.2) is 48.5 Å². The summed E-state index contributed by atoms with van der Waals surface area (Å²) in [6.07, 6.45) is 0. The number of Topliss-reactive ketones (excluding diaryl/α,β-unsaturated/α-hetero) is 2. The van der Waals surface area contributed by atoms with Crippen LogP contribution in [0.4, 0.5) is 11.4 Å². The van der Waals surface area contributed by atoms with E-state index in [2.05, 4.69) is 58.3 Å². The van der Waals surface area contributed by atoms with Gasteiger partial charge in [0.1, 0.15) is 17.0 Å². The van der Waals surface area contributed by atoms with Gasteiger partial charge < -0.3 is 9.80 Å². The van der Waals surface area contributed by atoms with Gasteiger partial charge in [-0.1, -0.05) is 35.4 Å². The summed E-state index contributed by atoms with van der Waals surface area (Å²) in [5, 5.41) is 0. The van der Waals surface area contributed by atoms with Gasteiger partial charge >= 0.3 is 0 Å². The first-order valence-electron chi connectivity index (χ1n) is 8.97. The van der Waals surface area contributed by atoms with Crippen molar-refractivity contribution in [2.24, 2.45) is 5.41 Å². The number of hydrogen-bond acceptors (Lipinski definition) is 4. The Morgan fingerprint density at radius 1 is 0.731 bits per heavy atom. The minimum absolute atomic E-state index is 0.0704. The number of carbonyl (C=O) groups excluding carboxylic acids is 2. The van der Waals surface area contributed by atoms with Crippen molar-refractivity contribution in [2.75, 3.05) is 29.6 Å². The molecule has 1 aliphatic heterocycles. The molecule has 2 aromatic carbocycles. The van der Waals surface area contributed by atoms with Crippen molar-refractivity contribution in [3.05, 3.63) is 59.7 Å². The van der Waals surface area contributed by atoms with Crippen LogP contribution in [0, 0.1) is 19.3 Å².